The van der Waals surface area contributed by atoms with Gasteiger partial charge in [-0.2, -0.15) is 13.2 Å². The first-order valence-corrected chi connectivity index (χ1v) is 9.47. The molecule has 2 aliphatic heterocycles. The van der Waals surface area contributed by atoms with Crippen molar-refractivity contribution in [3.63, 3.8) is 0 Å². The first kappa shape index (κ1) is 19.4. The summed E-state index contributed by atoms with van der Waals surface area (Å²) in [5.74, 6) is 1.15. The number of fused-ring (bicyclic) bond motifs is 1. The molecule has 0 bridgehead atoms. The monoisotopic (exact) mass is 403 g/mol. The Kier molecular flexibility index (Phi) is 5.22. The summed E-state index contributed by atoms with van der Waals surface area (Å²) in [5.41, 5.74) is 0.568. The molecule has 1 saturated heterocycles. The number of halogens is 3. The van der Waals surface area contributed by atoms with Crippen LogP contribution < -0.4 is 9.47 Å². The highest BCUT2D eigenvalue weighted by molar-refractivity contribution is 5.92. The van der Waals surface area contributed by atoms with Gasteiger partial charge in [0, 0.05) is 12.6 Å². The number of carbonyl (C=O) groups excluding carboxylic acids is 1. The molecule has 7 heteroatoms. The van der Waals surface area contributed by atoms with E-state index in [9.17, 15) is 18.0 Å². The molecule has 2 aliphatic rings. The number of rotatable bonds is 3. The number of benzene rings is 2. The SMILES string of the molecule is O=C(/C=C/c1cccc(C(F)(F)F)c1)N1CCCC1c1ccc2c(c1)OCCO2. The number of carbonyl (C=O) groups is 1. The van der Waals surface area contributed by atoms with Gasteiger partial charge in [-0.3, -0.25) is 4.79 Å². The molecule has 2 aromatic carbocycles. The standard InChI is InChI=1S/C22H20F3NO3/c23-22(24,25)17-4-1-3-15(13-17)6-9-21(27)26-10-2-5-18(26)16-7-8-19-20(14-16)29-12-11-28-19/h1,3-4,6-9,13-14,18H,2,5,10-12H2/b9-6+. The Labute approximate surface area is 166 Å². The van der Waals surface area contributed by atoms with Crippen molar-refractivity contribution in [1.82, 2.24) is 4.90 Å². The highest BCUT2D eigenvalue weighted by atomic mass is 19.4. The zero-order valence-electron chi connectivity index (χ0n) is 15.6. The van der Waals surface area contributed by atoms with Crippen LogP contribution in [0.25, 0.3) is 6.08 Å². The predicted octanol–water partition coefficient (Wildman–Crippen LogP) is 4.85. The van der Waals surface area contributed by atoms with Gasteiger partial charge in [-0.25, -0.2) is 0 Å². The molecule has 4 nitrogen and oxygen atoms in total. The number of hydrogen-bond acceptors (Lipinski definition) is 3. The zero-order chi connectivity index (χ0) is 20.4. The lowest BCUT2D eigenvalue weighted by molar-refractivity contribution is -0.137. The van der Waals surface area contributed by atoms with E-state index in [2.05, 4.69) is 0 Å². The summed E-state index contributed by atoms with van der Waals surface area (Å²) >= 11 is 0. The third-order valence-electron chi connectivity index (χ3n) is 5.12. The van der Waals surface area contributed by atoms with Crippen molar-refractivity contribution in [3.05, 3.63) is 65.2 Å². The minimum atomic E-state index is -4.41. The van der Waals surface area contributed by atoms with Gasteiger partial charge in [-0.15, -0.1) is 0 Å². The maximum absolute atomic E-state index is 12.9. The number of amides is 1. The van der Waals surface area contributed by atoms with Gasteiger partial charge >= 0.3 is 6.18 Å². The minimum absolute atomic E-state index is 0.0931. The molecule has 2 aromatic rings. The van der Waals surface area contributed by atoms with Crippen LogP contribution in [0.3, 0.4) is 0 Å². The van der Waals surface area contributed by atoms with E-state index in [-0.39, 0.29) is 11.9 Å². The Morgan fingerprint density at radius 3 is 2.66 bits per heavy atom. The van der Waals surface area contributed by atoms with Crippen molar-refractivity contribution in [2.24, 2.45) is 0 Å². The third-order valence-corrected chi connectivity index (χ3v) is 5.12. The highest BCUT2D eigenvalue weighted by Crippen LogP contribution is 2.38. The van der Waals surface area contributed by atoms with Crippen LogP contribution in [0.5, 0.6) is 11.5 Å². The molecule has 0 spiro atoms. The highest BCUT2D eigenvalue weighted by Gasteiger charge is 2.31. The minimum Gasteiger partial charge on any atom is -0.486 e. The molecule has 1 fully saturated rings. The van der Waals surface area contributed by atoms with Crippen molar-refractivity contribution in [1.29, 1.82) is 0 Å². The molecule has 4 rings (SSSR count). The number of ether oxygens (including phenoxy) is 2. The first-order chi connectivity index (χ1) is 13.9. The Morgan fingerprint density at radius 2 is 1.86 bits per heavy atom. The number of likely N-dealkylation sites (tertiary alicyclic amines) is 1. The van der Waals surface area contributed by atoms with Crippen molar-refractivity contribution in [2.45, 2.75) is 25.1 Å². The van der Waals surface area contributed by atoms with Crippen LogP contribution in [0.4, 0.5) is 13.2 Å². The lowest BCUT2D eigenvalue weighted by Gasteiger charge is -2.26. The van der Waals surface area contributed by atoms with Crippen LogP contribution in [0, 0.1) is 0 Å². The van der Waals surface area contributed by atoms with Gasteiger partial charge in [-0.1, -0.05) is 18.2 Å². The average molecular weight is 403 g/mol. The summed E-state index contributed by atoms with van der Waals surface area (Å²) in [6.07, 6.45) is 0.0414. The second-order valence-corrected chi connectivity index (χ2v) is 7.05. The normalized spacial score (nSPS) is 19.0. The van der Waals surface area contributed by atoms with Crippen LogP contribution in [0.15, 0.2) is 48.5 Å². The van der Waals surface area contributed by atoms with E-state index in [0.717, 1.165) is 30.5 Å². The van der Waals surface area contributed by atoms with Crippen LogP contribution in [0.2, 0.25) is 0 Å². The first-order valence-electron chi connectivity index (χ1n) is 9.47. The average Bonchev–Trinajstić information content (AvgIpc) is 3.21. The molecule has 1 atom stereocenters. The maximum Gasteiger partial charge on any atom is 0.416 e. The van der Waals surface area contributed by atoms with Gasteiger partial charge in [0.1, 0.15) is 13.2 Å². The molecule has 0 aliphatic carbocycles. The molecule has 29 heavy (non-hydrogen) atoms. The topological polar surface area (TPSA) is 38.8 Å². The van der Waals surface area contributed by atoms with Gasteiger partial charge in [-0.05, 0) is 54.3 Å². The lowest BCUT2D eigenvalue weighted by atomic mass is 10.0. The molecular formula is C22H20F3NO3. The third kappa shape index (κ3) is 4.23. The van der Waals surface area contributed by atoms with Crippen LogP contribution >= 0.6 is 0 Å². The molecule has 1 amide bonds. The van der Waals surface area contributed by atoms with Crippen LogP contribution in [0.1, 0.15) is 35.6 Å². The van der Waals surface area contributed by atoms with E-state index in [1.807, 2.05) is 18.2 Å². The molecule has 152 valence electrons. The van der Waals surface area contributed by atoms with E-state index in [0.29, 0.717) is 36.8 Å². The number of hydrogen-bond donors (Lipinski definition) is 0. The summed E-state index contributed by atoms with van der Waals surface area (Å²) in [5, 5.41) is 0. The van der Waals surface area contributed by atoms with E-state index < -0.39 is 11.7 Å². The van der Waals surface area contributed by atoms with E-state index in [4.69, 9.17) is 9.47 Å². The fourth-order valence-corrected chi connectivity index (χ4v) is 3.73. The number of nitrogens with zero attached hydrogens (tertiary/aromatic N) is 1. The Balaban J connectivity index is 1.50. The van der Waals surface area contributed by atoms with Crippen LogP contribution in [-0.2, 0) is 11.0 Å². The second kappa shape index (κ2) is 7.81. The van der Waals surface area contributed by atoms with Crippen molar-refractivity contribution >= 4 is 12.0 Å². The predicted molar refractivity (Wildman–Crippen MR) is 102 cm³/mol. The Morgan fingerprint density at radius 1 is 1.07 bits per heavy atom. The maximum atomic E-state index is 12.9. The lowest BCUT2D eigenvalue weighted by Crippen LogP contribution is -2.29. The van der Waals surface area contributed by atoms with Gasteiger partial charge in [0.15, 0.2) is 11.5 Å². The Hall–Kier alpha value is -2.96. The smallest absolute Gasteiger partial charge is 0.416 e. The van der Waals surface area contributed by atoms with Crippen molar-refractivity contribution in [3.8, 4) is 11.5 Å². The summed E-state index contributed by atoms with van der Waals surface area (Å²) in [6, 6.07) is 10.5. The van der Waals surface area contributed by atoms with Gasteiger partial charge in [0.2, 0.25) is 5.91 Å². The molecule has 1 unspecified atom stereocenters. The Bertz CT molecular complexity index is 939. The van der Waals surface area contributed by atoms with Crippen molar-refractivity contribution in [2.75, 3.05) is 19.8 Å². The molecular weight excluding hydrogens is 383 g/mol. The fourth-order valence-electron chi connectivity index (χ4n) is 3.73. The quantitative estimate of drug-likeness (QED) is 0.688. The summed E-state index contributed by atoms with van der Waals surface area (Å²) < 4.78 is 49.7. The molecule has 0 radical (unpaired) electrons. The van der Waals surface area contributed by atoms with Gasteiger partial charge in [0.05, 0.1) is 11.6 Å². The van der Waals surface area contributed by atoms with Gasteiger partial charge < -0.3 is 14.4 Å². The van der Waals surface area contributed by atoms with E-state index in [1.165, 1.54) is 18.2 Å². The summed E-state index contributed by atoms with van der Waals surface area (Å²) in [6.45, 7) is 1.61. The summed E-state index contributed by atoms with van der Waals surface area (Å²) in [7, 11) is 0. The molecule has 0 aromatic heterocycles. The summed E-state index contributed by atoms with van der Waals surface area (Å²) in [4.78, 5) is 14.5. The molecule has 0 N–H and O–H groups in total. The molecule has 2 heterocycles. The fraction of sp³-hybridized carbons (Fsp3) is 0.318. The van der Waals surface area contributed by atoms with Crippen LogP contribution in [-0.4, -0.2) is 30.6 Å². The molecule has 0 saturated carbocycles. The van der Waals surface area contributed by atoms with E-state index in [1.54, 1.807) is 11.0 Å². The van der Waals surface area contributed by atoms with Crippen molar-refractivity contribution < 1.29 is 27.4 Å². The number of alkyl halides is 3. The second-order valence-electron chi connectivity index (χ2n) is 7.05. The zero-order valence-corrected chi connectivity index (χ0v) is 15.6. The largest absolute Gasteiger partial charge is 0.486 e. The van der Waals surface area contributed by atoms with Gasteiger partial charge in [0.25, 0.3) is 0 Å². The van der Waals surface area contributed by atoms with E-state index >= 15 is 0 Å².